The molecule has 1 aromatic carbocycles. The van der Waals surface area contributed by atoms with Crippen molar-refractivity contribution in [3.8, 4) is 0 Å². The van der Waals surface area contributed by atoms with Crippen LogP contribution >= 0.6 is 0 Å². The van der Waals surface area contributed by atoms with Gasteiger partial charge in [-0.05, 0) is 51.4 Å². The van der Waals surface area contributed by atoms with Gasteiger partial charge in [-0.25, -0.2) is 0 Å². The molecule has 0 aliphatic carbocycles. The number of pyridine rings is 1. The number of aromatic nitrogens is 1. The molecule has 1 aliphatic rings. The van der Waals surface area contributed by atoms with Gasteiger partial charge in [-0.3, -0.25) is 4.79 Å². The maximum absolute atomic E-state index is 12.5. The molecule has 1 fully saturated rings. The van der Waals surface area contributed by atoms with Crippen molar-refractivity contribution in [2.24, 2.45) is 0 Å². The summed E-state index contributed by atoms with van der Waals surface area (Å²) in [5, 5.41) is 1.59. The molecule has 2 heterocycles. The SMILES string of the molecule is CC1(C)OB(n2ccc3ccccc3c2=O)OC1(C)C. The minimum Gasteiger partial charge on any atom is -0.384 e. The fraction of sp³-hybridized carbons (Fsp3) is 0.400. The Hall–Kier alpha value is -1.59. The highest BCUT2D eigenvalue weighted by Gasteiger charge is 2.53. The van der Waals surface area contributed by atoms with Crippen LogP contribution in [0.4, 0.5) is 0 Å². The van der Waals surface area contributed by atoms with E-state index >= 15 is 0 Å². The number of benzene rings is 1. The van der Waals surface area contributed by atoms with E-state index < -0.39 is 18.5 Å². The lowest BCUT2D eigenvalue weighted by atomic mass is 9.90. The quantitative estimate of drug-likeness (QED) is 0.748. The Bertz CT molecular complexity index is 704. The maximum atomic E-state index is 12.5. The topological polar surface area (TPSA) is 40.5 Å². The Balaban J connectivity index is 2.09. The normalized spacial score (nSPS) is 20.5. The van der Waals surface area contributed by atoms with Gasteiger partial charge in [-0.2, -0.15) is 0 Å². The molecular weight excluding hydrogens is 253 g/mol. The van der Waals surface area contributed by atoms with E-state index in [9.17, 15) is 4.79 Å². The van der Waals surface area contributed by atoms with Crippen molar-refractivity contribution in [1.29, 1.82) is 0 Å². The molecule has 0 atom stereocenters. The first-order valence-corrected chi connectivity index (χ1v) is 6.77. The lowest BCUT2D eigenvalue weighted by Crippen LogP contribution is -2.41. The van der Waals surface area contributed by atoms with Crippen molar-refractivity contribution in [2.75, 3.05) is 0 Å². The van der Waals surface area contributed by atoms with Crippen molar-refractivity contribution < 1.29 is 9.31 Å². The number of rotatable bonds is 1. The Morgan fingerprint density at radius 3 is 2.25 bits per heavy atom. The molecule has 0 bridgehead atoms. The third-order valence-electron chi connectivity index (χ3n) is 4.31. The molecule has 4 nitrogen and oxygen atoms in total. The van der Waals surface area contributed by atoms with Gasteiger partial charge in [-0.1, -0.05) is 18.2 Å². The number of hydrogen-bond donors (Lipinski definition) is 0. The zero-order valence-electron chi connectivity index (χ0n) is 12.2. The molecule has 0 N–H and O–H groups in total. The second kappa shape index (κ2) is 4.20. The second-order valence-electron chi connectivity index (χ2n) is 6.18. The molecule has 0 saturated carbocycles. The molecule has 3 rings (SSSR count). The third kappa shape index (κ3) is 1.89. The molecule has 20 heavy (non-hydrogen) atoms. The predicted octanol–water partition coefficient (Wildman–Crippen LogP) is 2.44. The van der Waals surface area contributed by atoms with Crippen LogP contribution in [-0.4, -0.2) is 22.9 Å². The van der Waals surface area contributed by atoms with Gasteiger partial charge >= 0.3 is 7.25 Å². The summed E-state index contributed by atoms with van der Waals surface area (Å²) in [6, 6.07) is 9.42. The minimum absolute atomic E-state index is 0.0957. The fourth-order valence-corrected chi connectivity index (χ4v) is 2.30. The molecule has 0 amide bonds. The molecule has 1 aromatic heterocycles. The van der Waals surface area contributed by atoms with Crippen LogP contribution in [0, 0.1) is 0 Å². The summed E-state index contributed by atoms with van der Waals surface area (Å²) >= 11 is 0. The van der Waals surface area contributed by atoms with E-state index in [0.717, 1.165) is 5.39 Å². The van der Waals surface area contributed by atoms with Gasteiger partial charge < -0.3 is 13.8 Å². The van der Waals surface area contributed by atoms with E-state index in [1.807, 2.05) is 58.0 Å². The molecule has 0 unspecified atom stereocenters. The predicted molar refractivity (Wildman–Crippen MR) is 79.7 cm³/mol. The molecule has 0 spiro atoms. The largest absolute Gasteiger partial charge is 0.601 e. The summed E-state index contributed by atoms with van der Waals surface area (Å²) in [7, 11) is -0.683. The lowest BCUT2D eigenvalue weighted by Gasteiger charge is -2.32. The molecule has 1 saturated heterocycles. The lowest BCUT2D eigenvalue weighted by molar-refractivity contribution is 0.00578. The van der Waals surface area contributed by atoms with Crippen LogP contribution in [0.25, 0.3) is 10.8 Å². The Morgan fingerprint density at radius 1 is 1.00 bits per heavy atom. The standard InChI is InChI=1S/C15H18BNO3/c1-14(2)15(3,4)20-16(19-14)17-10-9-11-7-5-6-8-12(11)13(17)18/h5-10H,1-4H3. The first-order valence-electron chi connectivity index (χ1n) is 6.77. The Kier molecular flexibility index (Phi) is 2.82. The van der Waals surface area contributed by atoms with Crippen LogP contribution < -0.4 is 5.56 Å². The first kappa shape index (κ1) is 13.4. The van der Waals surface area contributed by atoms with Crippen molar-refractivity contribution in [2.45, 2.75) is 38.9 Å². The van der Waals surface area contributed by atoms with Gasteiger partial charge in [0.2, 0.25) is 5.56 Å². The zero-order valence-corrected chi connectivity index (χ0v) is 12.2. The molecule has 5 heteroatoms. The molecule has 0 radical (unpaired) electrons. The highest BCUT2D eigenvalue weighted by Crippen LogP contribution is 2.36. The highest BCUT2D eigenvalue weighted by atomic mass is 16.7. The summed E-state index contributed by atoms with van der Waals surface area (Å²) in [6.45, 7) is 7.89. The van der Waals surface area contributed by atoms with Crippen LogP contribution in [0.3, 0.4) is 0 Å². The average Bonchev–Trinajstić information content (AvgIpc) is 2.59. The van der Waals surface area contributed by atoms with Gasteiger partial charge in [0.25, 0.3) is 0 Å². The van der Waals surface area contributed by atoms with Gasteiger partial charge in [0, 0.05) is 5.39 Å². The summed E-state index contributed by atoms with van der Waals surface area (Å²) in [5.41, 5.74) is -1.01. The molecular formula is C15H18BNO3. The van der Waals surface area contributed by atoms with E-state index in [4.69, 9.17) is 9.31 Å². The van der Waals surface area contributed by atoms with E-state index in [0.29, 0.717) is 5.39 Å². The highest BCUT2D eigenvalue weighted by molar-refractivity contribution is 6.43. The van der Waals surface area contributed by atoms with Crippen LogP contribution in [0.15, 0.2) is 41.3 Å². The minimum atomic E-state index is -0.683. The molecule has 104 valence electrons. The van der Waals surface area contributed by atoms with Crippen molar-refractivity contribution in [3.05, 3.63) is 46.9 Å². The van der Waals surface area contributed by atoms with Crippen molar-refractivity contribution in [1.82, 2.24) is 4.48 Å². The number of hydrogen-bond acceptors (Lipinski definition) is 3. The monoisotopic (exact) mass is 271 g/mol. The second-order valence-corrected chi connectivity index (χ2v) is 6.18. The van der Waals surface area contributed by atoms with Crippen molar-refractivity contribution in [3.63, 3.8) is 0 Å². The van der Waals surface area contributed by atoms with Crippen LogP contribution in [0.5, 0.6) is 0 Å². The van der Waals surface area contributed by atoms with E-state index in [1.54, 1.807) is 6.20 Å². The van der Waals surface area contributed by atoms with Gasteiger partial charge in [0.05, 0.1) is 11.2 Å². The van der Waals surface area contributed by atoms with Gasteiger partial charge in [0.15, 0.2) is 0 Å². The summed E-state index contributed by atoms with van der Waals surface area (Å²) in [5.74, 6) is 0. The zero-order chi connectivity index (χ0) is 14.5. The Labute approximate surface area is 118 Å². The van der Waals surface area contributed by atoms with Crippen LogP contribution in [0.2, 0.25) is 0 Å². The Morgan fingerprint density at radius 2 is 1.60 bits per heavy atom. The smallest absolute Gasteiger partial charge is 0.384 e. The van der Waals surface area contributed by atoms with Crippen LogP contribution in [-0.2, 0) is 9.31 Å². The van der Waals surface area contributed by atoms with Crippen LogP contribution in [0.1, 0.15) is 27.7 Å². The van der Waals surface area contributed by atoms with E-state index in [-0.39, 0.29) is 5.56 Å². The molecule has 1 aliphatic heterocycles. The van der Waals surface area contributed by atoms with E-state index in [1.165, 1.54) is 4.48 Å². The summed E-state index contributed by atoms with van der Waals surface area (Å²) < 4.78 is 13.4. The summed E-state index contributed by atoms with van der Waals surface area (Å²) in [6.07, 6.45) is 1.73. The summed E-state index contributed by atoms with van der Waals surface area (Å²) in [4.78, 5) is 12.5. The van der Waals surface area contributed by atoms with Crippen molar-refractivity contribution >= 4 is 18.0 Å². The number of nitrogens with zero attached hydrogens (tertiary/aromatic N) is 1. The average molecular weight is 271 g/mol. The van der Waals surface area contributed by atoms with E-state index in [2.05, 4.69) is 0 Å². The van der Waals surface area contributed by atoms with Gasteiger partial charge in [-0.15, -0.1) is 0 Å². The third-order valence-corrected chi connectivity index (χ3v) is 4.31. The molecule has 2 aromatic rings. The first-order chi connectivity index (χ1) is 9.32. The van der Waals surface area contributed by atoms with Gasteiger partial charge in [0.1, 0.15) is 0 Å². The number of fused-ring (bicyclic) bond motifs is 1. The fourth-order valence-electron chi connectivity index (χ4n) is 2.30. The maximum Gasteiger partial charge on any atom is 0.601 e.